The average molecular weight is 250 g/mol. The maximum absolute atomic E-state index is 10.3. The van der Waals surface area contributed by atoms with Gasteiger partial charge in [-0.25, -0.2) is 4.98 Å². The van der Waals surface area contributed by atoms with Crippen LogP contribution in [0.5, 0.6) is 0 Å². The Hall–Kier alpha value is -0.610. The zero-order valence-electron chi connectivity index (χ0n) is 5.92. The van der Waals surface area contributed by atoms with Gasteiger partial charge in [0, 0.05) is 6.20 Å². The molecule has 12 heavy (non-hydrogen) atoms. The molecular formula is C7H5BrClNO2. The van der Waals surface area contributed by atoms with Crippen molar-refractivity contribution in [2.45, 2.75) is 6.42 Å². The second-order valence-corrected chi connectivity index (χ2v) is 3.30. The van der Waals surface area contributed by atoms with Crippen molar-refractivity contribution in [3.05, 3.63) is 27.5 Å². The van der Waals surface area contributed by atoms with E-state index in [1.807, 2.05) is 0 Å². The molecule has 0 aliphatic carbocycles. The van der Waals surface area contributed by atoms with Crippen LogP contribution in [0.25, 0.3) is 0 Å². The molecule has 1 aromatic rings. The Labute approximate surface area is 82.5 Å². The second kappa shape index (κ2) is 3.87. The third-order valence-electron chi connectivity index (χ3n) is 1.27. The summed E-state index contributed by atoms with van der Waals surface area (Å²) < 4.78 is 0.550. The molecule has 0 saturated carbocycles. The smallest absolute Gasteiger partial charge is 0.307 e. The maximum Gasteiger partial charge on any atom is 0.307 e. The monoisotopic (exact) mass is 249 g/mol. The predicted octanol–water partition coefficient (Wildman–Crippen LogP) is 2.12. The van der Waals surface area contributed by atoms with E-state index in [1.54, 1.807) is 6.07 Å². The summed E-state index contributed by atoms with van der Waals surface area (Å²) in [6.07, 6.45) is 1.42. The fraction of sp³-hybridized carbons (Fsp3) is 0.143. The first-order chi connectivity index (χ1) is 5.61. The minimum atomic E-state index is -0.891. The highest BCUT2D eigenvalue weighted by Crippen LogP contribution is 2.23. The summed E-state index contributed by atoms with van der Waals surface area (Å²) >= 11 is 8.80. The molecule has 0 aliphatic heterocycles. The molecular weight excluding hydrogens is 245 g/mol. The van der Waals surface area contributed by atoms with E-state index in [1.165, 1.54) is 6.20 Å². The molecule has 0 aromatic carbocycles. The fourth-order valence-corrected chi connectivity index (χ4v) is 1.31. The molecule has 0 spiro atoms. The van der Waals surface area contributed by atoms with E-state index in [-0.39, 0.29) is 11.6 Å². The van der Waals surface area contributed by atoms with Crippen molar-refractivity contribution in [2.75, 3.05) is 0 Å². The van der Waals surface area contributed by atoms with Crippen molar-refractivity contribution >= 4 is 33.5 Å². The largest absolute Gasteiger partial charge is 0.481 e. The summed E-state index contributed by atoms with van der Waals surface area (Å²) in [6, 6.07) is 1.62. The van der Waals surface area contributed by atoms with Gasteiger partial charge >= 0.3 is 5.97 Å². The standard InChI is InChI=1S/C7H5BrClNO2/c8-6-4(3-5(11)12)1-2-10-7(6)9/h1-2H,3H2,(H,11,12). The lowest BCUT2D eigenvalue weighted by molar-refractivity contribution is -0.136. The van der Waals surface area contributed by atoms with Crippen molar-refractivity contribution < 1.29 is 9.90 Å². The first-order valence-electron chi connectivity index (χ1n) is 3.12. The number of aromatic nitrogens is 1. The number of halogens is 2. The van der Waals surface area contributed by atoms with Gasteiger partial charge in [0.1, 0.15) is 5.15 Å². The predicted molar refractivity (Wildman–Crippen MR) is 48.3 cm³/mol. The minimum absolute atomic E-state index is 0.0528. The van der Waals surface area contributed by atoms with Crippen LogP contribution in [0.1, 0.15) is 5.56 Å². The van der Waals surface area contributed by atoms with Crippen LogP contribution in [0.4, 0.5) is 0 Å². The number of nitrogens with zero attached hydrogens (tertiary/aromatic N) is 1. The maximum atomic E-state index is 10.3. The third-order valence-corrected chi connectivity index (χ3v) is 2.67. The number of hydrogen-bond acceptors (Lipinski definition) is 2. The number of carbonyl (C=O) groups is 1. The molecule has 0 bridgehead atoms. The van der Waals surface area contributed by atoms with Crippen LogP contribution in [-0.2, 0) is 11.2 Å². The normalized spacial score (nSPS) is 9.83. The average Bonchev–Trinajstić information content (AvgIpc) is 1.98. The summed E-state index contributed by atoms with van der Waals surface area (Å²) in [5.41, 5.74) is 0.627. The summed E-state index contributed by atoms with van der Waals surface area (Å²) in [5.74, 6) is -0.891. The van der Waals surface area contributed by atoms with Crippen molar-refractivity contribution in [1.29, 1.82) is 0 Å². The van der Waals surface area contributed by atoms with Crippen molar-refractivity contribution in [1.82, 2.24) is 4.98 Å². The van der Waals surface area contributed by atoms with Gasteiger partial charge in [0.2, 0.25) is 0 Å². The number of carboxylic acids is 1. The molecule has 1 aromatic heterocycles. The van der Waals surface area contributed by atoms with Crippen LogP contribution in [0.15, 0.2) is 16.7 Å². The highest BCUT2D eigenvalue weighted by atomic mass is 79.9. The molecule has 5 heteroatoms. The van der Waals surface area contributed by atoms with E-state index in [9.17, 15) is 4.79 Å². The van der Waals surface area contributed by atoms with Crippen LogP contribution in [0.2, 0.25) is 5.15 Å². The molecule has 0 atom stereocenters. The summed E-state index contributed by atoms with van der Waals surface area (Å²) in [7, 11) is 0. The molecule has 0 fully saturated rings. The van der Waals surface area contributed by atoms with E-state index < -0.39 is 5.97 Å². The van der Waals surface area contributed by atoms with E-state index in [0.717, 1.165) is 0 Å². The molecule has 0 saturated heterocycles. The van der Waals surface area contributed by atoms with Crippen molar-refractivity contribution in [2.24, 2.45) is 0 Å². The minimum Gasteiger partial charge on any atom is -0.481 e. The Balaban J connectivity index is 3.00. The van der Waals surface area contributed by atoms with Gasteiger partial charge in [-0.15, -0.1) is 0 Å². The summed E-state index contributed by atoms with van der Waals surface area (Å²) in [5, 5.41) is 8.78. The van der Waals surface area contributed by atoms with E-state index >= 15 is 0 Å². The Morgan fingerprint density at radius 3 is 3.00 bits per heavy atom. The number of carboxylic acid groups (broad SMARTS) is 1. The molecule has 1 N–H and O–H groups in total. The lowest BCUT2D eigenvalue weighted by atomic mass is 10.2. The molecule has 1 heterocycles. The lowest BCUT2D eigenvalue weighted by Gasteiger charge is -2.00. The fourth-order valence-electron chi connectivity index (χ4n) is 0.754. The highest BCUT2D eigenvalue weighted by Gasteiger charge is 2.07. The van der Waals surface area contributed by atoms with E-state index in [4.69, 9.17) is 16.7 Å². The van der Waals surface area contributed by atoms with Crippen LogP contribution in [0, 0.1) is 0 Å². The Morgan fingerprint density at radius 2 is 2.42 bits per heavy atom. The zero-order valence-corrected chi connectivity index (χ0v) is 8.26. The molecule has 0 aliphatic rings. The third kappa shape index (κ3) is 2.19. The lowest BCUT2D eigenvalue weighted by Crippen LogP contribution is -2.01. The SMILES string of the molecule is O=C(O)Cc1ccnc(Cl)c1Br. The first kappa shape index (κ1) is 9.48. The molecule has 1 rings (SSSR count). The first-order valence-corrected chi connectivity index (χ1v) is 4.29. The quantitative estimate of drug-likeness (QED) is 0.818. The van der Waals surface area contributed by atoms with Crippen LogP contribution in [-0.4, -0.2) is 16.1 Å². The number of rotatable bonds is 2. The molecule has 0 unspecified atom stereocenters. The van der Waals surface area contributed by atoms with Gasteiger partial charge in [-0.3, -0.25) is 4.79 Å². The number of aliphatic carboxylic acids is 1. The molecule has 3 nitrogen and oxygen atoms in total. The van der Waals surface area contributed by atoms with Gasteiger partial charge in [0.25, 0.3) is 0 Å². The molecule has 0 radical (unpaired) electrons. The highest BCUT2D eigenvalue weighted by molar-refractivity contribution is 9.10. The van der Waals surface area contributed by atoms with Gasteiger partial charge in [-0.05, 0) is 27.6 Å². The topological polar surface area (TPSA) is 50.2 Å². The van der Waals surface area contributed by atoms with Crippen LogP contribution >= 0.6 is 27.5 Å². The van der Waals surface area contributed by atoms with Gasteiger partial charge in [-0.2, -0.15) is 0 Å². The van der Waals surface area contributed by atoms with Crippen LogP contribution < -0.4 is 0 Å². The van der Waals surface area contributed by atoms with E-state index in [2.05, 4.69) is 20.9 Å². The van der Waals surface area contributed by atoms with Gasteiger partial charge in [0.15, 0.2) is 0 Å². The molecule has 0 amide bonds. The zero-order chi connectivity index (χ0) is 9.14. The van der Waals surface area contributed by atoms with Gasteiger partial charge < -0.3 is 5.11 Å². The van der Waals surface area contributed by atoms with Gasteiger partial charge in [0.05, 0.1) is 10.9 Å². The summed E-state index contributed by atoms with van der Waals surface area (Å²) in [4.78, 5) is 14.1. The summed E-state index contributed by atoms with van der Waals surface area (Å²) in [6.45, 7) is 0. The molecule has 64 valence electrons. The number of pyridine rings is 1. The van der Waals surface area contributed by atoms with Gasteiger partial charge in [-0.1, -0.05) is 11.6 Å². The Kier molecular flexibility index (Phi) is 3.05. The van der Waals surface area contributed by atoms with Crippen LogP contribution in [0.3, 0.4) is 0 Å². The Bertz CT molecular complexity index is 316. The van der Waals surface area contributed by atoms with E-state index in [0.29, 0.717) is 10.0 Å². The second-order valence-electron chi connectivity index (χ2n) is 2.15. The number of hydrogen-bond donors (Lipinski definition) is 1. The van der Waals surface area contributed by atoms with Crippen molar-refractivity contribution in [3.63, 3.8) is 0 Å². The Morgan fingerprint density at radius 1 is 1.75 bits per heavy atom. The van der Waals surface area contributed by atoms with Crippen molar-refractivity contribution in [3.8, 4) is 0 Å².